The van der Waals surface area contributed by atoms with E-state index in [-0.39, 0.29) is 18.1 Å². The fraction of sp³-hybridized carbons (Fsp3) is 0.150. The summed E-state index contributed by atoms with van der Waals surface area (Å²) in [7, 11) is 1.95. The van der Waals surface area contributed by atoms with Gasteiger partial charge in [0, 0.05) is 43.5 Å². The maximum absolute atomic E-state index is 11.9. The van der Waals surface area contributed by atoms with E-state index in [4.69, 9.17) is 0 Å². The molecule has 7 heteroatoms. The fourth-order valence-corrected chi connectivity index (χ4v) is 2.76. The Hall–Kier alpha value is -3.45. The molecule has 1 aromatic heterocycles. The van der Waals surface area contributed by atoms with Gasteiger partial charge >= 0.3 is 0 Å². The van der Waals surface area contributed by atoms with Gasteiger partial charge in [-0.1, -0.05) is 6.07 Å². The van der Waals surface area contributed by atoms with Crippen molar-refractivity contribution < 1.29 is 14.8 Å². The molecule has 3 rings (SSSR count). The molecular formula is C20H19N3O4. The molecule has 27 heavy (non-hydrogen) atoms. The van der Waals surface area contributed by atoms with Crippen LogP contribution >= 0.6 is 0 Å². The first-order valence-electron chi connectivity index (χ1n) is 8.37. The number of nitrogens with one attached hydrogen (secondary N) is 1. The van der Waals surface area contributed by atoms with Gasteiger partial charge in [-0.15, -0.1) is 0 Å². The lowest BCUT2D eigenvalue weighted by Crippen LogP contribution is -2.26. The highest BCUT2D eigenvalue weighted by Gasteiger charge is 2.10. The lowest BCUT2D eigenvalue weighted by molar-refractivity contribution is -0.384. The number of amides is 1. The molecule has 138 valence electrons. The Morgan fingerprint density at radius 2 is 2.00 bits per heavy atom. The summed E-state index contributed by atoms with van der Waals surface area (Å²) in [4.78, 5) is 22.1. The lowest BCUT2D eigenvalue weighted by atomic mass is 10.1. The van der Waals surface area contributed by atoms with E-state index in [1.165, 1.54) is 18.2 Å². The summed E-state index contributed by atoms with van der Waals surface area (Å²) in [6.45, 7) is 0.0851. The van der Waals surface area contributed by atoms with Crippen LogP contribution in [0.2, 0.25) is 0 Å². The van der Waals surface area contributed by atoms with Gasteiger partial charge in [0.05, 0.1) is 11.0 Å². The number of hydrogen-bond acceptors (Lipinski definition) is 4. The Morgan fingerprint density at radius 1 is 1.26 bits per heavy atom. The van der Waals surface area contributed by atoms with Gasteiger partial charge in [-0.05, 0) is 52.9 Å². The average Bonchev–Trinajstić information content (AvgIpc) is 3.05. The van der Waals surface area contributed by atoms with Crippen molar-refractivity contribution in [3.63, 3.8) is 0 Å². The Morgan fingerprint density at radius 3 is 2.70 bits per heavy atom. The predicted octanol–water partition coefficient (Wildman–Crippen LogP) is 2.95. The molecule has 0 aliphatic carbocycles. The minimum atomic E-state index is -0.814. The molecule has 1 unspecified atom stereocenters. The van der Waals surface area contributed by atoms with E-state index in [1.807, 2.05) is 42.1 Å². The number of aliphatic hydroxyl groups excluding tert-OH is 1. The number of non-ortho nitro benzene ring substituents is 1. The molecule has 7 nitrogen and oxygen atoms in total. The number of aliphatic hydroxyl groups is 1. The molecule has 0 aliphatic heterocycles. The molecular weight excluding hydrogens is 346 g/mol. The van der Waals surface area contributed by atoms with Gasteiger partial charge in [0.2, 0.25) is 5.91 Å². The number of nitro benzene ring substituents is 1. The Balaban J connectivity index is 1.56. The quantitative estimate of drug-likeness (QED) is 0.399. The predicted molar refractivity (Wildman–Crippen MR) is 103 cm³/mol. The highest BCUT2D eigenvalue weighted by molar-refractivity contribution is 5.91. The third-order valence-electron chi connectivity index (χ3n) is 4.29. The van der Waals surface area contributed by atoms with Gasteiger partial charge in [0.25, 0.3) is 5.69 Å². The molecule has 3 aromatic rings. The number of aromatic nitrogens is 1. The molecule has 0 aliphatic rings. The minimum Gasteiger partial charge on any atom is -0.387 e. The SMILES string of the molecule is Cn1ccc2cc(C(O)CNC(=O)/C=C/c3ccc([N+](=O)[O-])cc3)ccc21. The third-order valence-corrected chi connectivity index (χ3v) is 4.29. The summed E-state index contributed by atoms with van der Waals surface area (Å²) in [5, 5.41) is 24.6. The normalized spacial score (nSPS) is 12.4. The maximum atomic E-state index is 11.9. The van der Waals surface area contributed by atoms with Crippen molar-refractivity contribution >= 4 is 28.6 Å². The van der Waals surface area contributed by atoms with E-state index >= 15 is 0 Å². The largest absolute Gasteiger partial charge is 0.387 e. The van der Waals surface area contributed by atoms with Crippen molar-refractivity contribution in [2.24, 2.45) is 7.05 Å². The molecule has 0 bridgehead atoms. The number of carbonyl (C=O) groups is 1. The Labute approximate surface area is 155 Å². The molecule has 1 atom stereocenters. The van der Waals surface area contributed by atoms with Crippen molar-refractivity contribution in [3.8, 4) is 0 Å². The van der Waals surface area contributed by atoms with Gasteiger partial charge in [-0.25, -0.2) is 0 Å². The number of hydrogen-bond donors (Lipinski definition) is 2. The van der Waals surface area contributed by atoms with Crippen LogP contribution in [0.1, 0.15) is 17.2 Å². The molecule has 0 fully saturated rings. The van der Waals surface area contributed by atoms with Crippen LogP contribution in [-0.4, -0.2) is 27.0 Å². The molecule has 0 radical (unpaired) electrons. The first kappa shape index (κ1) is 18.3. The maximum Gasteiger partial charge on any atom is 0.269 e. The number of benzene rings is 2. The van der Waals surface area contributed by atoms with Gasteiger partial charge < -0.3 is 15.0 Å². The number of nitro groups is 1. The number of rotatable bonds is 6. The highest BCUT2D eigenvalue weighted by atomic mass is 16.6. The van der Waals surface area contributed by atoms with Crippen molar-refractivity contribution in [1.82, 2.24) is 9.88 Å². The van der Waals surface area contributed by atoms with Crippen molar-refractivity contribution in [2.75, 3.05) is 6.54 Å². The molecule has 2 aromatic carbocycles. The van der Waals surface area contributed by atoms with E-state index < -0.39 is 11.0 Å². The average molecular weight is 365 g/mol. The van der Waals surface area contributed by atoms with Crippen LogP contribution in [0.25, 0.3) is 17.0 Å². The second-order valence-electron chi connectivity index (χ2n) is 6.19. The van der Waals surface area contributed by atoms with E-state index in [2.05, 4.69) is 5.32 Å². The summed E-state index contributed by atoms with van der Waals surface area (Å²) in [5.41, 5.74) is 2.47. The molecule has 0 saturated carbocycles. The summed E-state index contributed by atoms with van der Waals surface area (Å²) >= 11 is 0. The zero-order valence-electron chi connectivity index (χ0n) is 14.7. The number of aryl methyl sites for hydroxylation is 1. The van der Waals surface area contributed by atoms with Crippen LogP contribution in [0, 0.1) is 10.1 Å². The van der Waals surface area contributed by atoms with Crippen LogP contribution in [0.3, 0.4) is 0 Å². The number of nitrogens with zero attached hydrogens (tertiary/aromatic N) is 2. The second kappa shape index (κ2) is 7.84. The molecule has 1 amide bonds. The lowest BCUT2D eigenvalue weighted by Gasteiger charge is -2.12. The zero-order valence-corrected chi connectivity index (χ0v) is 14.7. The fourth-order valence-electron chi connectivity index (χ4n) is 2.76. The summed E-state index contributed by atoms with van der Waals surface area (Å²) < 4.78 is 2.00. The first-order chi connectivity index (χ1) is 12.9. The summed E-state index contributed by atoms with van der Waals surface area (Å²) in [6.07, 6.45) is 4.02. The van der Waals surface area contributed by atoms with Crippen LogP contribution in [0.5, 0.6) is 0 Å². The van der Waals surface area contributed by atoms with Gasteiger partial charge in [0.15, 0.2) is 0 Å². The van der Waals surface area contributed by atoms with E-state index in [0.717, 1.165) is 16.5 Å². The second-order valence-corrected chi connectivity index (χ2v) is 6.19. The van der Waals surface area contributed by atoms with Crippen LogP contribution in [0.4, 0.5) is 5.69 Å². The Kier molecular flexibility index (Phi) is 5.33. The first-order valence-corrected chi connectivity index (χ1v) is 8.37. The van der Waals surface area contributed by atoms with E-state index in [0.29, 0.717) is 5.56 Å². The number of fused-ring (bicyclic) bond motifs is 1. The Bertz CT molecular complexity index is 1010. The minimum absolute atomic E-state index is 0.00453. The molecule has 1 heterocycles. The van der Waals surface area contributed by atoms with Gasteiger partial charge in [-0.2, -0.15) is 0 Å². The van der Waals surface area contributed by atoms with Gasteiger partial charge in [0.1, 0.15) is 0 Å². The van der Waals surface area contributed by atoms with E-state index in [1.54, 1.807) is 18.2 Å². The van der Waals surface area contributed by atoms with Crippen molar-refractivity contribution in [1.29, 1.82) is 0 Å². The summed E-state index contributed by atoms with van der Waals surface area (Å²) in [5.74, 6) is -0.354. The molecule has 2 N–H and O–H groups in total. The van der Waals surface area contributed by atoms with Crippen molar-refractivity contribution in [2.45, 2.75) is 6.10 Å². The van der Waals surface area contributed by atoms with E-state index in [9.17, 15) is 20.0 Å². The van der Waals surface area contributed by atoms with Gasteiger partial charge in [-0.3, -0.25) is 14.9 Å². The topological polar surface area (TPSA) is 97.4 Å². The van der Waals surface area contributed by atoms with Crippen LogP contribution in [0.15, 0.2) is 60.8 Å². The third kappa shape index (κ3) is 4.39. The highest BCUT2D eigenvalue weighted by Crippen LogP contribution is 2.20. The zero-order chi connectivity index (χ0) is 19.4. The van der Waals surface area contributed by atoms with Crippen molar-refractivity contribution in [3.05, 3.63) is 82.0 Å². The molecule has 0 saturated heterocycles. The number of carbonyl (C=O) groups excluding carboxylic acids is 1. The van der Waals surface area contributed by atoms with Crippen LogP contribution < -0.4 is 5.32 Å². The summed E-state index contributed by atoms with van der Waals surface area (Å²) in [6, 6.07) is 13.5. The molecule has 0 spiro atoms. The standard InChI is InChI=1S/C20H19N3O4/c1-22-11-10-15-12-16(5-8-18(15)22)19(24)13-21-20(25)9-4-14-2-6-17(7-3-14)23(26)27/h2-12,19,24H,13H2,1H3,(H,21,25)/b9-4+. The monoisotopic (exact) mass is 365 g/mol. The van der Waals surface area contributed by atoms with Crippen LogP contribution in [-0.2, 0) is 11.8 Å². The smallest absolute Gasteiger partial charge is 0.269 e.